The van der Waals surface area contributed by atoms with Gasteiger partial charge in [0.15, 0.2) is 0 Å². The van der Waals surface area contributed by atoms with Gasteiger partial charge in [-0.3, -0.25) is 4.90 Å². The summed E-state index contributed by atoms with van der Waals surface area (Å²) in [6.07, 6.45) is 0. The van der Waals surface area contributed by atoms with E-state index in [1.807, 2.05) is 24.3 Å². The zero-order valence-corrected chi connectivity index (χ0v) is 13.1. The lowest BCUT2D eigenvalue weighted by atomic mass is 10.2. The number of ether oxygens (including phenoxy) is 1. The van der Waals surface area contributed by atoms with Crippen molar-refractivity contribution in [2.24, 2.45) is 0 Å². The molecule has 2 aromatic rings. The van der Waals surface area contributed by atoms with Crippen molar-refractivity contribution in [2.45, 2.75) is 6.54 Å². The highest BCUT2D eigenvalue weighted by Gasteiger charge is 2.01. The lowest BCUT2D eigenvalue weighted by Gasteiger charge is -2.17. The predicted molar refractivity (Wildman–Crippen MR) is 86.8 cm³/mol. The van der Waals surface area contributed by atoms with Gasteiger partial charge >= 0.3 is 0 Å². The van der Waals surface area contributed by atoms with Gasteiger partial charge in [-0.25, -0.2) is 0 Å². The number of benzene rings is 2. The van der Waals surface area contributed by atoms with E-state index in [0.29, 0.717) is 6.61 Å². The number of likely N-dealkylation sites (N-methyl/N-ethyl adjacent to an activating group) is 1. The van der Waals surface area contributed by atoms with Gasteiger partial charge in [-0.2, -0.15) is 0 Å². The van der Waals surface area contributed by atoms with Crippen molar-refractivity contribution in [2.75, 3.05) is 25.9 Å². The van der Waals surface area contributed by atoms with Gasteiger partial charge in [-0.15, -0.1) is 0 Å². The summed E-state index contributed by atoms with van der Waals surface area (Å²) in [6.45, 7) is 2.43. The third-order valence-electron chi connectivity index (χ3n) is 2.97. The molecule has 2 aromatic carbocycles. The lowest BCUT2D eigenvalue weighted by molar-refractivity contribution is 0.233. The van der Waals surface area contributed by atoms with Crippen LogP contribution >= 0.6 is 15.9 Å². The molecule has 3 nitrogen and oxygen atoms in total. The highest BCUT2D eigenvalue weighted by Crippen LogP contribution is 2.14. The first-order chi connectivity index (χ1) is 9.63. The van der Waals surface area contributed by atoms with Gasteiger partial charge in [0, 0.05) is 29.3 Å². The highest BCUT2D eigenvalue weighted by atomic mass is 79.9. The molecule has 20 heavy (non-hydrogen) atoms. The van der Waals surface area contributed by atoms with E-state index in [9.17, 15) is 0 Å². The van der Waals surface area contributed by atoms with Gasteiger partial charge in [-0.1, -0.05) is 34.1 Å². The Morgan fingerprint density at radius 3 is 2.60 bits per heavy atom. The fraction of sp³-hybridized carbons (Fsp3) is 0.250. The predicted octanol–water partition coefficient (Wildman–Crippen LogP) is 3.54. The molecule has 0 amide bonds. The lowest BCUT2D eigenvalue weighted by Crippen LogP contribution is -2.23. The van der Waals surface area contributed by atoms with Crippen LogP contribution in [0.5, 0.6) is 5.75 Å². The Kier molecular flexibility index (Phi) is 5.44. The second-order valence-corrected chi connectivity index (χ2v) is 5.70. The van der Waals surface area contributed by atoms with E-state index in [4.69, 9.17) is 10.5 Å². The molecule has 0 aliphatic heterocycles. The molecule has 0 aromatic heterocycles. The summed E-state index contributed by atoms with van der Waals surface area (Å²) in [4.78, 5) is 2.23. The number of halogens is 1. The third-order valence-corrected chi connectivity index (χ3v) is 3.49. The quantitative estimate of drug-likeness (QED) is 0.821. The monoisotopic (exact) mass is 334 g/mol. The second-order valence-electron chi connectivity index (χ2n) is 4.79. The Bertz CT molecular complexity index is 542. The zero-order valence-electron chi connectivity index (χ0n) is 11.6. The molecule has 0 aliphatic carbocycles. The maximum Gasteiger partial charge on any atom is 0.121 e. The van der Waals surface area contributed by atoms with Gasteiger partial charge in [0.05, 0.1) is 0 Å². The maximum absolute atomic E-state index is 5.71. The van der Waals surface area contributed by atoms with Crippen molar-refractivity contribution in [1.29, 1.82) is 0 Å². The number of nitrogens with two attached hydrogens (primary N) is 1. The molecule has 0 heterocycles. The average Bonchev–Trinajstić information content (AvgIpc) is 2.41. The van der Waals surface area contributed by atoms with E-state index >= 15 is 0 Å². The highest BCUT2D eigenvalue weighted by molar-refractivity contribution is 9.10. The van der Waals surface area contributed by atoms with Crippen LogP contribution in [-0.4, -0.2) is 25.1 Å². The summed E-state index contributed by atoms with van der Waals surface area (Å²) in [5.74, 6) is 0.821. The fourth-order valence-corrected chi connectivity index (χ4v) is 2.17. The van der Waals surface area contributed by atoms with Crippen LogP contribution in [0, 0.1) is 0 Å². The van der Waals surface area contributed by atoms with Gasteiger partial charge in [0.25, 0.3) is 0 Å². The molecular weight excluding hydrogens is 316 g/mol. The van der Waals surface area contributed by atoms with Gasteiger partial charge in [-0.05, 0) is 36.9 Å². The van der Waals surface area contributed by atoms with Crippen molar-refractivity contribution in [3.05, 3.63) is 58.6 Å². The first kappa shape index (κ1) is 14.9. The minimum atomic E-state index is 0.649. The van der Waals surface area contributed by atoms with Crippen molar-refractivity contribution < 1.29 is 4.74 Å². The fourth-order valence-electron chi connectivity index (χ4n) is 1.90. The van der Waals surface area contributed by atoms with E-state index in [-0.39, 0.29) is 0 Å². The van der Waals surface area contributed by atoms with E-state index in [0.717, 1.165) is 29.0 Å². The minimum absolute atomic E-state index is 0.649. The number of anilines is 1. The summed E-state index contributed by atoms with van der Waals surface area (Å²) >= 11 is 3.44. The van der Waals surface area contributed by atoms with Crippen LogP contribution in [0.3, 0.4) is 0 Å². The molecular formula is C16H19BrN2O. The normalized spacial score (nSPS) is 10.8. The second kappa shape index (κ2) is 7.31. The number of nitrogen functional groups attached to an aromatic ring is 1. The van der Waals surface area contributed by atoms with Crippen molar-refractivity contribution in [3.8, 4) is 5.75 Å². The molecule has 0 fully saturated rings. The standard InChI is InChI=1S/C16H19BrN2O/c1-19(12-13-5-7-14(17)8-6-13)9-10-20-16-4-2-3-15(18)11-16/h2-8,11H,9-10,12,18H2,1H3. The van der Waals surface area contributed by atoms with E-state index in [2.05, 4.69) is 52.1 Å². The summed E-state index contributed by atoms with van der Waals surface area (Å²) in [7, 11) is 2.09. The molecule has 0 radical (unpaired) electrons. The molecule has 106 valence electrons. The number of rotatable bonds is 6. The number of hydrogen-bond acceptors (Lipinski definition) is 3. The number of nitrogens with zero attached hydrogens (tertiary/aromatic N) is 1. The van der Waals surface area contributed by atoms with E-state index in [1.165, 1.54) is 5.56 Å². The third kappa shape index (κ3) is 4.87. The minimum Gasteiger partial charge on any atom is -0.492 e. The molecule has 0 spiro atoms. The van der Waals surface area contributed by atoms with Crippen molar-refractivity contribution in [3.63, 3.8) is 0 Å². The van der Waals surface area contributed by atoms with Gasteiger partial charge in [0.2, 0.25) is 0 Å². The Balaban J connectivity index is 1.75. The van der Waals surface area contributed by atoms with Crippen LogP contribution in [0.1, 0.15) is 5.56 Å². The van der Waals surface area contributed by atoms with E-state index in [1.54, 1.807) is 0 Å². The Morgan fingerprint density at radius 2 is 1.90 bits per heavy atom. The number of hydrogen-bond donors (Lipinski definition) is 1. The molecule has 2 rings (SSSR count). The summed E-state index contributed by atoms with van der Waals surface area (Å²) in [6, 6.07) is 15.9. The average molecular weight is 335 g/mol. The summed E-state index contributed by atoms with van der Waals surface area (Å²) in [5.41, 5.74) is 7.73. The van der Waals surface area contributed by atoms with E-state index < -0.39 is 0 Å². The smallest absolute Gasteiger partial charge is 0.121 e. The summed E-state index contributed by atoms with van der Waals surface area (Å²) in [5, 5.41) is 0. The molecule has 0 saturated carbocycles. The van der Waals surface area contributed by atoms with Crippen LogP contribution < -0.4 is 10.5 Å². The molecule has 4 heteroatoms. The van der Waals surface area contributed by atoms with Crippen LogP contribution in [0.2, 0.25) is 0 Å². The Hall–Kier alpha value is -1.52. The first-order valence-electron chi connectivity index (χ1n) is 6.55. The van der Waals surface area contributed by atoms with Crippen LogP contribution in [0.15, 0.2) is 53.0 Å². The van der Waals surface area contributed by atoms with Crippen molar-refractivity contribution in [1.82, 2.24) is 4.90 Å². The van der Waals surface area contributed by atoms with Crippen LogP contribution in [0.4, 0.5) is 5.69 Å². The van der Waals surface area contributed by atoms with Gasteiger partial charge in [0.1, 0.15) is 12.4 Å². The van der Waals surface area contributed by atoms with Crippen LogP contribution in [0.25, 0.3) is 0 Å². The maximum atomic E-state index is 5.71. The zero-order chi connectivity index (χ0) is 14.4. The topological polar surface area (TPSA) is 38.5 Å². The molecule has 0 bridgehead atoms. The molecule has 2 N–H and O–H groups in total. The Labute approximate surface area is 128 Å². The SMILES string of the molecule is CN(CCOc1cccc(N)c1)Cc1ccc(Br)cc1. The van der Waals surface area contributed by atoms with Gasteiger partial charge < -0.3 is 10.5 Å². The molecule has 0 saturated heterocycles. The largest absolute Gasteiger partial charge is 0.492 e. The first-order valence-corrected chi connectivity index (χ1v) is 7.34. The van der Waals surface area contributed by atoms with Crippen molar-refractivity contribution >= 4 is 21.6 Å². The molecule has 0 unspecified atom stereocenters. The Morgan fingerprint density at radius 1 is 1.15 bits per heavy atom. The molecule has 0 atom stereocenters. The summed E-state index contributed by atoms with van der Waals surface area (Å²) < 4.78 is 6.79. The van der Waals surface area contributed by atoms with Crippen LogP contribution in [-0.2, 0) is 6.54 Å². The molecule has 0 aliphatic rings.